The number of methoxy groups -OCH3 is 1. The Morgan fingerprint density at radius 1 is 1.16 bits per heavy atom. The fourth-order valence-electron chi connectivity index (χ4n) is 3.93. The lowest BCUT2D eigenvalue weighted by Crippen LogP contribution is -2.35. The maximum absolute atomic E-state index is 12.8. The van der Waals surface area contributed by atoms with Crippen LogP contribution in [0, 0.1) is 5.41 Å². The number of thioether (sulfide) groups is 1. The smallest absolute Gasteiger partial charge is 0.283 e. The number of amides is 1. The quantitative estimate of drug-likeness (QED) is 0.198. The maximum atomic E-state index is 12.8. The van der Waals surface area contributed by atoms with Crippen molar-refractivity contribution in [1.29, 1.82) is 5.41 Å². The molecule has 11 heteroatoms. The van der Waals surface area contributed by atoms with Gasteiger partial charge in [0.05, 0.1) is 17.2 Å². The number of hydrogen-bond donors (Lipinski definition) is 1. The number of amidine groups is 2. The summed E-state index contributed by atoms with van der Waals surface area (Å²) in [6.07, 6.45) is 8.24. The predicted octanol–water partition coefficient (Wildman–Crippen LogP) is 8.32. The van der Waals surface area contributed by atoms with E-state index in [1.54, 1.807) is 36.4 Å². The van der Waals surface area contributed by atoms with Gasteiger partial charge in [-0.2, -0.15) is 15.1 Å². The number of carbonyl (C=O) groups excluding carboxylic acids is 1. The summed E-state index contributed by atoms with van der Waals surface area (Å²) < 4.78 is 12.2. The van der Waals surface area contributed by atoms with Crippen LogP contribution in [0.2, 0.25) is 10.0 Å². The summed E-state index contributed by atoms with van der Waals surface area (Å²) in [6, 6.07) is 8.73. The molecule has 7 nitrogen and oxygen atoms in total. The summed E-state index contributed by atoms with van der Waals surface area (Å²) in [5, 5.41) is 17.0. The normalized spacial score (nSPS) is 16.0. The number of rotatable bonds is 11. The van der Waals surface area contributed by atoms with Crippen molar-refractivity contribution >= 4 is 78.9 Å². The Morgan fingerprint density at radius 3 is 2.68 bits per heavy atom. The monoisotopic (exact) mass is 636 g/mol. The molecule has 2 aliphatic rings. The molecule has 1 N–H and O–H groups in total. The Kier molecular flexibility index (Phi) is 9.92. The van der Waals surface area contributed by atoms with Crippen molar-refractivity contribution in [1.82, 2.24) is 5.01 Å². The maximum Gasteiger partial charge on any atom is 0.283 e. The van der Waals surface area contributed by atoms with E-state index in [0.29, 0.717) is 36.7 Å². The molecular formula is C27H27BrCl2N4O3S. The number of carbonyl (C=O) groups is 1. The largest absolute Gasteiger partial charge is 0.493 e. The average molecular weight is 638 g/mol. The lowest BCUT2D eigenvalue weighted by molar-refractivity contribution is -0.114. The molecular weight excluding hydrogens is 611 g/mol. The standard InChI is InChI=1S/C27H27BrCl2N4O3S/c1-3-4-5-6-7-8-23-33-34-25(31)19(26(35)32-27(34)38-23)11-16-12-20(28)24(22(13-16)36-2)37-15-17-9-10-18(29)14-21(17)30/h9-14,31H,3-8,15H2,1-2H3/b19-11-,31-25?. The van der Waals surface area contributed by atoms with E-state index in [1.165, 1.54) is 43.1 Å². The van der Waals surface area contributed by atoms with Crippen molar-refractivity contribution in [2.45, 2.75) is 52.1 Å². The molecule has 0 saturated carbocycles. The summed E-state index contributed by atoms with van der Waals surface area (Å²) in [5.41, 5.74) is 1.57. The van der Waals surface area contributed by atoms with E-state index >= 15 is 0 Å². The van der Waals surface area contributed by atoms with Gasteiger partial charge in [-0.25, -0.2) is 0 Å². The van der Waals surface area contributed by atoms with Crippen LogP contribution in [-0.2, 0) is 11.4 Å². The van der Waals surface area contributed by atoms with E-state index in [2.05, 4.69) is 32.9 Å². The number of unbranched alkanes of at least 4 members (excludes halogenated alkanes) is 4. The molecule has 0 spiro atoms. The van der Waals surface area contributed by atoms with Gasteiger partial charge in [-0.3, -0.25) is 10.2 Å². The number of ether oxygens (including phenoxy) is 2. The Labute approximate surface area is 244 Å². The molecule has 38 heavy (non-hydrogen) atoms. The highest BCUT2D eigenvalue weighted by Crippen LogP contribution is 2.39. The third-order valence-corrected chi connectivity index (χ3v) is 8.08. The van der Waals surface area contributed by atoms with Gasteiger partial charge >= 0.3 is 0 Å². The molecule has 0 atom stereocenters. The Hall–Kier alpha value is -2.33. The number of hydrogen-bond acceptors (Lipinski definition) is 6. The third kappa shape index (κ3) is 6.81. The molecule has 0 saturated heterocycles. The first kappa shape index (κ1) is 28.7. The summed E-state index contributed by atoms with van der Waals surface area (Å²) in [6.45, 7) is 2.40. The second kappa shape index (κ2) is 13.2. The molecule has 0 aromatic heterocycles. The van der Waals surface area contributed by atoms with E-state index in [4.69, 9.17) is 38.1 Å². The summed E-state index contributed by atoms with van der Waals surface area (Å²) in [4.78, 5) is 17.0. The lowest BCUT2D eigenvalue weighted by atomic mass is 10.1. The van der Waals surface area contributed by atoms with Gasteiger partial charge in [0.2, 0.25) is 5.17 Å². The first-order valence-corrected chi connectivity index (χ1v) is 14.6. The number of nitrogens with one attached hydrogen (secondary N) is 1. The second-order valence-corrected chi connectivity index (χ2v) is 11.5. The van der Waals surface area contributed by atoms with Crippen LogP contribution < -0.4 is 9.47 Å². The van der Waals surface area contributed by atoms with Crippen molar-refractivity contribution < 1.29 is 14.3 Å². The Balaban J connectivity index is 1.50. The van der Waals surface area contributed by atoms with Gasteiger partial charge in [0.15, 0.2) is 17.3 Å². The minimum absolute atomic E-state index is 0.00118. The molecule has 2 aromatic carbocycles. The molecule has 0 aliphatic carbocycles. The molecule has 2 aromatic rings. The molecule has 0 unspecified atom stereocenters. The summed E-state index contributed by atoms with van der Waals surface area (Å²) in [7, 11) is 1.53. The predicted molar refractivity (Wildman–Crippen MR) is 160 cm³/mol. The minimum atomic E-state index is -0.471. The highest BCUT2D eigenvalue weighted by Gasteiger charge is 2.35. The first-order valence-electron chi connectivity index (χ1n) is 12.2. The van der Waals surface area contributed by atoms with Gasteiger partial charge in [0.1, 0.15) is 11.7 Å². The highest BCUT2D eigenvalue weighted by molar-refractivity contribution is 9.10. The van der Waals surface area contributed by atoms with Crippen LogP contribution >= 0.6 is 50.9 Å². The van der Waals surface area contributed by atoms with Gasteiger partial charge < -0.3 is 9.47 Å². The van der Waals surface area contributed by atoms with Crippen LogP contribution in [0.25, 0.3) is 6.08 Å². The minimum Gasteiger partial charge on any atom is -0.493 e. The Bertz CT molecular complexity index is 1350. The molecule has 200 valence electrons. The Morgan fingerprint density at radius 2 is 1.95 bits per heavy atom. The molecule has 0 radical (unpaired) electrons. The van der Waals surface area contributed by atoms with Gasteiger partial charge in [0, 0.05) is 15.6 Å². The number of fused-ring (bicyclic) bond motifs is 1. The van der Waals surface area contributed by atoms with Crippen LogP contribution in [0.1, 0.15) is 56.6 Å². The second-order valence-electron chi connectivity index (χ2n) is 8.74. The van der Waals surface area contributed by atoms with Crippen LogP contribution in [-0.4, -0.2) is 34.1 Å². The van der Waals surface area contributed by atoms with Crippen molar-refractivity contribution in [2.75, 3.05) is 7.11 Å². The van der Waals surface area contributed by atoms with Crippen LogP contribution in [0.5, 0.6) is 11.5 Å². The number of halogens is 3. The van der Waals surface area contributed by atoms with Crippen molar-refractivity contribution in [3.63, 3.8) is 0 Å². The van der Waals surface area contributed by atoms with E-state index in [0.717, 1.165) is 29.9 Å². The molecule has 2 heterocycles. The van der Waals surface area contributed by atoms with E-state index < -0.39 is 5.91 Å². The molecule has 2 aliphatic heterocycles. The highest BCUT2D eigenvalue weighted by atomic mass is 79.9. The fourth-order valence-corrected chi connectivity index (χ4v) is 5.90. The molecule has 4 rings (SSSR count). The van der Waals surface area contributed by atoms with Gasteiger partial charge in [-0.05, 0) is 76.4 Å². The van der Waals surface area contributed by atoms with E-state index in [-0.39, 0.29) is 18.0 Å². The number of aliphatic imine (C=N–C) groups is 1. The molecule has 0 bridgehead atoms. The van der Waals surface area contributed by atoms with Crippen molar-refractivity contribution in [3.05, 3.63) is 61.5 Å². The zero-order valence-electron chi connectivity index (χ0n) is 21.0. The number of hydrazone groups is 1. The SMILES string of the molecule is CCCCCCCC1=NN2C(=N)/C(=C/c3cc(Br)c(OCc4ccc(Cl)cc4Cl)c(OC)c3)C(=O)N=C2S1. The fraction of sp³-hybridized carbons (Fsp3) is 0.333. The van der Waals surface area contributed by atoms with Crippen molar-refractivity contribution in [3.8, 4) is 11.5 Å². The van der Waals surface area contributed by atoms with E-state index in [9.17, 15) is 4.79 Å². The van der Waals surface area contributed by atoms with Gasteiger partial charge in [-0.15, -0.1) is 0 Å². The number of nitrogens with zero attached hydrogens (tertiary/aromatic N) is 3. The lowest BCUT2D eigenvalue weighted by Gasteiger charge is -2.20. The first-order chi connectivity index (χ1) is 18.3. The molecule has 1 amide bonds. The van der Waals surface area contributed by atoms with Crippen LogP contribution in [0.4, 0.5) is 0 Å². The van der Waals surface area contributed by atoms with E-state index in [1.807, 2.05) is 0 Å². The summed E-state index contributed by atoms with van der Waals surface area (Å²) in [5.74, 6) is 0.466. The molecule has 0 fully saturated rings. The van der Waals surface area contributed by atoms with Crippen LogP contribution in [0.3, 0.4) is 0 Å². The van der Waals surface area contributed by atoms with Crippen molar-refractivity contribution in [2.24, 2.45) is 10.1 Å². The summed E-state index contributed by atoms with van der Waals surface area (Å²) >= 11 is 17.2. The number of benzene rings is 2. The third-order valence-electron chi connectivity index (χ3n) is 5.94. The van der Waals surface area contributed by atoms with Gasteiger partial charge in [0.25, 0.3) is 5.91 Å². The zero-order chi connectivity index (χ0) is 27.2. The topological polar surface area (TPSA) is 87.3 Å². The van der Waals surface area contributed by atoms with Crippen LogP contribution in [0.15, 0.2) is 50.5 Å². The average Bonchev–Trinajstić information content (AvgIpc) is 3.29. The van der Waals surface area contributed by atoms with Gasteiger partial charge in [-0.1, -0.05) is 61.9 Å². The zero-order valence-corrected chi connectivity index (χ0v) is 24.9.